The maximum atomic E-state index is 4.51. The van der Waals surface area contributed by atoms with Crippen molar-refractivity contribution in [3.63, 3.8) is 0 Å². The van der Waals surface area contributed by atoms with E-state index in [4.69, 9.17) is 0 Å². The monoisotopic (exact) mass is 196 g/mol. The van der Waals surface area contributed by atoms with Crippen molar-refractivity contribution in [2.45, 2.75) is 43.0 Å². The number of piperidine rings is 1. The molecule has 0 N–H and O–H groups in total. The zero-order chi connectivity index (χ0) is 8.89. The van der Waals surface area contributed by atoms with Crippen LogP contribution in [0.5, 0.6) is 0 Å². The Morgan fingerprint density at radius 2 is 2.38 bits per heavy atom. The molecule has 0 aromatic rings. The Hall–Kier alpha value is -0.0200. The van der Waals surface area contributed by atoms with Gasteiger partial charge in [0, 0.05) is 23.9 Å². The smallest absolute Gasteiger partial charge is 0.0652 e. The van der Waals surface area contributed by atoms with E-state index in [0.717, 1.165) is 5.25 Å². The summed E-state index contributed by atoms with van der Waals surface area (Å²) >= 11 is 1.94. The fraction of sp³-hybridized carbons (Fsp3) is 0.900. The molecule has 0 radical (unpaired) electrons. The summed E-state index contributed by atoms with van der Waals surface area (Å²) in [4.78, 5) is 7.20. The molecule has 3 aliphatic rings. The molecule has 2 aliphatic heterocycles. The first kappa shape index (κ1) is 8.30. The molecule has 13 heavy (non-hydrogen) atoms. The minimum atomic E-state index is 0.577. The van der Waals surface area contributed by atoms with Gasteiger partial charge in [0.1, 0.15) is 0 Å². The van der Waals surface area contributed by atoms with Crippen molar-refractivity contribution in [1.82, 2.24) is 4.90 Å². The van der Waals surface area contributed by atoms with E-state index in [0.29, 0.717) is 11.6 Å². The van der Waals surface area contributed by atoms with Crippen LogP contribution in [-0.4, -0.2) is 40.4 Å². The highest BCUT2D eigenvalue weighted by Crippen LogP contribution is 2.44. The van der Waals surface area contributed by atoms with Gasteiger partial charge >= 0.3 is 0 Å². The summed E-state index contributed by atoms with van der Waals surface area (Å²) in [7, 11) is 0. The fourth-order valence-electron chi connectivity index (χ4n) is 2.39. The SMILES string of the molecule is CC1(N2CCC3N=CSC3C2)CC1. The summed E-state index contributed by atoms with van der Waals surface area (Å²) < 4.78 is 0. The summed E-state index contributed by atoms with van der Waals surface area (Å²) in [6, 6.07) is 0.642. The summed E-state index contributed by atoms with van der Waals surface area (Å²) in [5.41, 5.74) is 2.64. The van der Waals surface area contributed by atoms with Gasteiger partial charge in [0.15, 0.2) is 0 Å². The number of likely N-dealkylation sites (tertiary alicyclic amines) is 1. The quantitative estimate of drug-likeness (QED) is 0.635. The highest BCUT2D eigenvalue weighted by Gasteiger charge is 2.46. The van der Waals surface area contributed by atoms with Crippen molar-refractivity contribution in [2.75, 3.05) is 13.1 Å². The molecule has 2 fully saturated rings. The topological polar surface area (TPSA) is 15.6 Å². The maximum absolute atomic E-state index is 4.51. The molecule has 2 heterocycles. The van der Waals surface area contributed by atoms with Gasteiger partial charge in [0.2, 0.25) is 0 Å². The first-order chi connectivity index (χ1) is 6.28. The first-order valence-corrected chi connectivity index (χ1v) is 6.14. The van der Waals surface area contributed by atoms with Crippen LogP contribution in [0.1, 0.15) is 26.2 Å². The molecule has 0 bridgehead atoms. The molecule has 0 aromatic heterocycles. The lowest BCUT2D eigenvalue weighted by molar-refractivity contribution is 0.154. The highest BCUT2D eigenvalue weighted by molar-refractivity contribution is 8.13. The second-order valence-electron chi connectivity index (χ2n) is 4.73. The van der Waals surface area contributed by atoms with Crippen molar-refractivity contribution < 1.29 is 0 Å². The molecule has 3 rings (SSSR count). The lowest BCUT2D eigenvalue weighted by Gasteiger charge is -2.37. The molecule has 1 saturated carbocycles. The third kappa shape index (κ3) is 1.33. The lowest BCUT2D eigenvalue weighted by Crippen LogP contribution is -2.48. The predicted octanol–water partition coefficient (Wildman–Crippen LogP) is 1.76. The van der Waals surface area contributed by atoms with Crippen molar-refractivity contribution in [1.29, 1.82) is 0 Å². The van der Waals surface area contributed by atoms with E-state index in [9.17, 15) is 0 Å². The molecule has 72 valence electrons. The molecular weight excluding hydrogens is 180 g/mol. The lowest BCUT2D eigenvalue weighted by atomic mass is 10.0. The standard InChI is InChI=1S/C10H16N2S/c1-10(3-4-10)12-5-2-8-9(6-12)13-7-11-8/h7-9H,2-6H2,1H3. The van der Waals surface area contributed by atoms with E-state index in [-0.39, 0.29) is 0 Å². The van der Waals surface area contributed by atoms with E-state index in [1.807, 2.05) is 11.8 Å². The van der Waals surface area contributed by atoms with Gasteiger partial charge in [0.05, 0.1) is 11.6 Å². The zero-order valence-corrected chi connectivity index (χ0v) is 8.89. The average Bonchev–Trinajstić information content (AvgIpc) is 2.74. The molecule has 0 spiro atoms. The minimum Gasteiger partial charge on any atom is -0.297 e. The molecule has 2 atom stereocenters. The summed E-state index contributed by atoms with van der Waals surface area (Å²) in [5, 5.41) is 0.770. The van der Waals surface area contributed by atoms with Gasteiger partial charge in [-0.1, -0.05) is 0 Å². The van der Waals surface area contributed by atoms with Gasteiger partial charge in [-0.05, 0) is 26.2 Å². The molecule has 3 heteroatoms. The van der Waals surface area contributed by atoms with Gasteiger partial charge in [-0.25, -0.2) is 0 Å². The van der Waals surface area contributed by atoms with Crippen molar-refractivity contribution in [3.8, 4) is 0 Å². The second kappa shape index (κ2) is 2.74. The minimum absolute atomic E-state index is 0.577. The van der Waals surface area contributed by atoms with Crippen LogP contribution in [-0.2, 0) is 0 Å². The Morgan fingerprint density at radius 3 is 3.15 bits per heavy atom. The Balaban J connectivity index is 1.69. The Bertz CT molecular complexity index is 247. The zero-order valence-electron chi connectivity index (χ0n) is 8.07. The summed E-state index contributed by atoms with van der Waals surface area (Å²) in [5.74, 6) is 0. The van der Waals surface area contributed by atoms with Crippen molar-refractivity contribution in [2.24, 2.45) is 4.99 Å². The van der Waals surface area contributed by atoms with Crippen LogP contribution in [0, 0.1) is 0 Å². The Kier molecular flexibility index (Phi) is 1.75. The number of fused-ring (bicyclic) bond motifs is 1. The van der Waals surface area contributed by atoms with E-state index >= 15 is 0 Å². The summed E-state index contributed by atoms with van der Waals surface area (Å²) in [6.45, 7) is 4.95. The number of rotatable bonds is 1. The van der Waals surface area contributed by atoms with Gasteiger partial charge in [0.25, 0.3) is 0 Å². The van der Waals surface area contributed by atoms with Crippen molar-refractivity contribution in [3.05, 3.63) is 0 Å². The molecule has 0 aromatic carbocycles. The van der Waals surface area contributed by atoms with E-state index in [2.05, 4.69) is 22.4 Å². The van der Waals surface area contributed by atoms with E-state index < -0.39 is 0 Å². The molecule has 1 saturated heterocycles. The van der Waals surface area contributed by atoms with Crippen LogP contribution in [0.2, 0.25) is 0 Å². The second-order valence-corrected chi connectivity index (χ2v) is 5.82. The van der Waals surface area contributed by atoms with Crippen LogP contribution < -0.4 is 0 Å². The Labute approximate surface area is 83.8 Å². The van der Waals surface area contributed by atoms with Gasteiger partial charge in [-0.15, -0.1) is 11.8 Å². The normalized spacial score (nSPS) is 41.9. The Morgan fingerprint density at radius 1 is 1.54 bits per heavy atom. The van der Waals surface area contributed by atoms with E-state index in [1.165, 1.54) is 32.4 Å². The number of hydrogen-bond donors (Lipinski definition) is 0. The number of hydrogen-bond acceptors (Lipinski definition) is 3. The van der Waals surface area contributed by atoms with Crippen LogP contribution >= 0.6 is 11.8 Å². The van der Waals surface area contributed by atoms with Crippen molar-refractivity contribution >= 4 is 17.3 Å². The van der Waals surface area contributed by atoms with Crippen LogP contribution in [0.25, 0.3) is 0 Å². The van der Waals surface area contributed by atoms with Crippen LogP contribution in [0.15, 0.2) is 4.99 Å². The number of nitrogens with zero attached hydrogens (tertiary/aromatic N) is 2. The molecule has 2 nitrogen and oxygen atoms in total. The van der Waals surface area contributed by atoms with E-state index in [1.54, 1.807) is 0 Å². The van der Waals surface area contributed by atoms with Crippen LogP contribution in [0.4, 0.5) is 0 Å². The predicted molar refractivity (Wildman–Crippen MR) is 57.5 cm³/mol. The van der Waals surface area contributed by atoms with Gasteiger partial charge in [-0.3, -0.25) is 9.89 Å². The molecule has 2 unspecified atom stereocenters. The number of aliphatic imine (C=N–C) groups is 1. The largest absolute Gasteiger partial charge is 0.297 e. The first-order valence-electron chi connectivity index (χ1n) is 5.20. The highest BCUT2D eigenvalue weighted by atomic mass is 32.2. The van der Waals surface area contributed by atoms with Crippen LogP contribution in [0.3, 0.4) is 0 Å². The summed E-state index contributed by atoms with van der Waals surface area (Å²) in [6.07, 6.45) is 4.11. The fourth-order valence-corrected chi connectivity index (χ4v) is 3.42. The third-order valence-corrected chi connectivity index (χ3v) is 4.81. The molecule has 1 aliphatic carbocycles. The third-order valence-electron chi connectivity index (χ3n) is 3.75. The maximum Gasteiger partial charge on any atom is 0.0652 e. The number of thioether (sulfide) groups is 1. The average molecular weight is 196 g/mol. The van der Waals surface area contributed by atoms with Gasteiger partial charge in [-0.2, -0.15) is 0 Å². The molecule has 0 amide bonds. The molecular formula is C10H16N2S. The van der Waals surface area contributed by atoms with Gasteiger partial charge < -0.3 is 0 Å².